The third-order valence-electron chi connectivity index (χ3n) is 4.53. The number of nitrogens with one attached hydrogen (secondary N) is 1. The molecule has 0 atom stereocenters. The van der Waals surface area contributed by atoms with Crippen molar-refractivity contribution in [1.29, 1.82) is 0 Å². The number of nitrogens with zero attached hydrogens (tertiary/aromatic N) is 2. The summed E-state index contributed by atoms with van der Waals surface area (Å²) in [5, 5.41) is 9.19. The van der Waals surface area contributed by atoms with Crippen molar-refractivity contribution in [1.82, 2.24) is 9.78 Å². The smallest absolute Gasteiger partial charge is 0.133 e. The van der Waals surface area contributed by atoms with Gasteiger partial charge in [-0.1, -0.05) is 29.8 Å². The highest BCUT2D eigenvalue weighted by Gasteiger charge is 2.22. The molecule has 0 aliphatic carbocycles. The average Bonchev–Trinajstić information content (AvgIpc) is 2.83. The molecule has 4 rings (SSSR count). The van der Waals surface area contributed by atoms with Crippen LogP contribution >= 0.6 is 11.6 Å². The second-order valence-corrected chi connectivity index (χ2v) is 6.62. The van der Waals surface area contributed by atoms with Crippen molar-refractivity contribution in [3.8, 4) is 22.7 Å². The van der Waals surface area contributed by atoms with Crippen LogP contribution in [0.15, 0.2) is 48.5 Å². The van der Waals surface area contributed by atoms with Crippen LogP contribution in [-0.4, -0.2) is 23.4 Å². The fourth-order valence-electron chi connectivity index (χ4n) is 3.30. The third-order valence-corrected chi connectivity index (χ3v) is 4.76. The lowest BCUT2D eigenvalue weighted by Gasteiger charge is -2.09. The van der Waals surface area contributed by atoms with E-state index in [1.165, 1.54) is 5.56 Å². The minimum absolute atomic E-state index is 0.707. The van der Waals surface area contributed by atoms with Gasteiger partial charge in [0.2, 0.25) is 0 Å². The van der Waals surface area contributed by atoms with Crippen LogP contribution in [0.3, 0.4) is 0 Å². The van der Waals surface area contributed by atoms with Gasteiger partial charge in [0.25, 0.3) is 0 Å². The highest BCUT2D eigenvalue weighted by Crippen LogP contribution is 2.35. The zero-order valence-corrected chi connectivity index (χ0v) is 14.9. The molecule has 0 amide bonds. The van der Waals surface area contributed by atoms with Gasteiger partial charge in [0.15, 0.2) is 0 Å². The first-order chi connectivity index (χ1) is 12.3. The maximum Gasteiger partial charge on any atom is 0.133 e. The minimum atomic E-state index is 0.707. The number of hydrogen-bond acceptors (Lipinski definition) is 3. The van der Waals surface area contributed by atoms with E-state index in [0.29, 0.717) is 5.02 Å². The van der Waals surface area contributed by atoms with Crippen LogP contribution in [0.1, 0.15) is 18.4 Å². The molecule has 0 fully saturated rings. The summed E-state index contributed by atoms with van der Waals surface area (Å²) in [7, 11) is 1.69. The minimum Gasteiger partial charge on any atom is -0.497 e. The molecule has 5 heteroatoms. The first-order valence-electron chi connectivity index (χ1n) is 8.52. The number of anilines is 1. The Morgan fingerprint density at radius 3 is 2.84 bits per heavy atom. The maximum atomic E-state index is 6.20. The van der Waals surface area contributed by atoms with E-state index in [-0.39, 0.29) is 0 Å². The van der Waals surface area contributed by atoms with Gasteiger partial charge in [-0.05, 0) is 49.6 Å². The van der Waals surface area contributed by atoms with Crippen LogP contribution in [0.5, 0.6) is 5.75 Å². The summed E-state index contributed by atoms with van der Waals surface area (Å²) in [6.07, 6.45) is 3.31. The second kappa shape index (κ2) is 6.81. The highest BCUT2D eigenvalue weighted by molar-refractivity contribution is 6.30. The third kappa shape index (κ3) is 3.10. The lowest BCUT2D eigenvalue weighted by Crippen LogP contribution is -2.07. The number of rotatable bonds is 3. The SMILES string of the molecule is COc1cccc(-c2nn(-c3cccc(Cl)c3)c3c2CCCCN3)c1. The van der Waals surface area contributed by atoms with E-state index >= 15 is 0 Å². The lowest BCUT2D eigenvalue weighted by molar-refractivity contribution is 0.415. The topological polar surface area (TPSA) is 39.1 Å². The fraction of sp³-hybridized carbons (Fsp3) is 0.250. The largest absolute Gasteiger partial charge is 0.497 e. The molecular weight excluding hydrogens is 334 g/mol. The normalized spacial score (nSPS) is 13.7. The van der Waals surface area contributed by atoms with E-state index < -0.39 is 0 Å². The fourth-order valence-corrected chi connectivity index (χ4v) is 3.48. The lowest BCUT2D eigenvalue weighted by atomic mass is 10.0. The Bertz CT molecular complexity index is 904. The number of benzene rings is 2. The molecule has 0 bridgehead atoms. The second-order valence-electron chi connectivity index (χ2n) is 6.18. The number of ether oxygens (including phenoxy) is 1. The quantitative estimate of drug-likeness (QED) is 0.724. The summed E-state index contributed by atoms with van der Waals surface area (Å²) in [4.78, 5) is 0. The van der Waals surface area contributed by atoms with Gasteiger partial charge in [-0.2, -0.15) is 5.10 Å². The van der Waals surface area contributed by atoms with Crippen molar-refractivity contribution in [3.63, 3.8) is 0 Å². The molecule has 128 valence electrons. The van der Waals surface area contributed by atoms with E-state index in [1.54, 1.807) is 7.11 Å². The van der Waals surface area contributed by atoms with Crippen molar-refractivity contribution in [2.45, 2.75) is 19.3 Å². The van der Waals surface area contributed by atoms with Crippen LogP contribution in [0.2, 0.25) is 5.02 Å². The Morgan fingerprint density at radius 1 is 1.12 bits per heavy atom. The predicted octanol–water partition coefficient (Wildman–Crippen LogP) is 4.95. The van der Waals surface area contributed by atoms with Gasteiger partial charge in [0, 0.05) is 22.7 Å². The highest BCUT2D eigenvalue weighted by atomic mass is 35.5. The molecule has 2 aromatic carbocycles. The zero-order chi connectivity index (χ0) is 17.2. The molecule has 1 aliphatic rings. The van der Waals surface area contributed by atoms with Crippen molar-refractivity contribution in [3.05, 3.63) is 59.1 Å². The number of halogens is 1. The Morgan fingerprint density at radius 2 is 2.00 bits per heavy atom. The first kappa shape index (κ1) is 16.0. The molecule has 0 saturated carbocycles. The summed E-state index contributed by atoms with van der Waals surface area (Å²) < 4.78 is 7.36. The monoisotopic (exact) mass is 353 g/mol. The van der Waals surface area contributed by atoms with Gasteiger partial charge in [-0.15, -0.1) is 0 Å². The Labute approximate surface area is 152 Å². The summed E-state index contributed by atoms with van der Waals surface area (Å²) in [6.45, 7) is 0.955. The van der Waals surface area contributed by atoms with Gasteiger partial charge in [0.1, 0.15) is 11.6 Å². The van der Waals surface area contributed by atoms with Gasteiger partial charge in [-0.3, -0.25) is 0 Å². The molecular formula is C20H20ClN3O. The molecule has 1 N–H and O–H groups in total. The van der Waals surface area contributed by atoms with Crippen molar-refractivity contribution >= 4 is 17.4 Å². The molecule has 1 aliphatic heterocycles. The van der Waals surface area contributed by atoms with E-state index in [2.05, 4.69) is 11.4 Å². The molecule has 2 heterocycles. The van der Waals surface area contributed by atoms with E-state index in [0.717, 1.165) is 54.3 Å². The van der Waals surface area contributed by atoms with E-state index in [9.17, 15) is 0 Å². The number of fused-ring (bicyclic) bond motifs is 1. The number of aromatic nitrogens is 2. The molecule has 1 aromatic heterocycles. The summed E-state index contributed by atoms with van der Waals surface area (Å²) >= 11 is 6.20. The number of methoxy groups -OCH3 is 1. The predicted molar refractivity (Wildman–Crippen MR) is 102 cm³/mol. The van der Waals surface area contributed by atoms with Crippen LogP contribution in [-0.2, 0) is 6.42 Å². The molecule has 0 unspecified atom stereocenters. The molecule has 0 radical (unpaired) electrons. The van der Waals surface area contributed by atoms with Crippen LogP contribution in [0.4, 0.5) is 5.82 Å². The molecule has 3 aromatic rings. The summed E-state index contributed by atoms with van der Waals surface area (Å²) in [5.74, 6) is 1.91. The van der Waals surface area contributed by atoms with Crippen molar-refractivity contribution in [2.75, 3.05) is 19.0 Å². The molecule has 0 saturated heterocycles. The van der Waals surface area contributed by atoms with E-state index in [1.807, 2.05) is 47.1 Å². The van der Waals surface area contributed by atoms with Gasteiger partial charge in [-0.25, -0.2) is 4.68 Å². The average molecular weight is 354 g/mol. The van der Waals surface area contributed by atoms with Crippen molar-refractivity contribution in [2.24, 2.45) is 0 Å². The molecule has 4 nitrogen and oxygen atoms in total. The van der Waals surface area contributed by atoms with Crippen LogP contribution < -0.4 is 10.1 Å². The summed E-state index contributed by atoms with van der Waals surface area (Å²) in [5.41, 5.74) is 4.29. The van der Waals surface area contributed by atoms with Gasteiger partial charge >= 0.3 is 0 Å². The first-order valence-corrected chi connectivity index (χ1v) is 8.90. The van der Waals surface area contributed by atoms with Gasteiger partial charge in [0.05, 0.1) is 18.5 Å². The van der Waals surface area contributed by atoms with Gasteiger partial charge < -0.3 is 10.1 Å². The Balaban J connectivity index is 1.90. The standard InChI is InChI=1S/C20H20ClN3O/c1-25-17-9-4-6-14(12-17)19-18-10-2-3-11-22-20(18)24(23-19)16-8-5-7-15(21)13-16/h4-9,12-13,22H,2-3,10-11H2,1H3. The number of hydrogen-bond donors (Lipinski definition) is 1. The van der Waals surface area contributed by atoms with Crippen LogP contribution in [0, 0.1) is 0 Å². The van der Waals surface area contributed by atoms with E-state index in [4.69, 9.17) is 21.4 Å². The Hall–Kier alpha value is -2.46. The Kier molecular flexibility index (Phi) is 4.36. The molecule has 25 heavy (non-hydrogen) atoms. The van der Waals surface area contributed by atoms with Crippen LogP contribution in [0.25, 0.3) is 16.9 Å². The van der Waals surface area contributed by atoms with Crippen molar-refractivity contribution < 1.29 is 4.74 Å². The zero-order valence-electron chi connectivity index (χ0n) is 14.1. The summed E-state index contributed by atoms with van der Waals surface area (Å²) in [6, 6.07) is 15.9. The molecule has 0 spiro atoms. The maximum absolute atomic E-state index is 6.20.